The van der Waals surface area contributed by atoms with Crippen LogP contribution in [-0.4, -0.2) is 87.4 Å². The van der Waals surface area contributed by atoms with Crippen molar-refractivity contribution in [3.63, 3.8) is 0 Å². The second kappa shape index (κ2) is 9.25. The number of aliphatic imine (C=N–C) groups is 1. The van der Waals surface area contributed by atoms with E-state index in [2.05, 4.69) is 4.99 Å². The molecule has 1 aliphatic heterocycles. The van der Waals surface area contributed by atoms with Gasteiger partial charge in [-0.3, -0.25) is 4.99 Å². The normalized spacial score (nSPS) is 34.3. The first-order chi connectivity index (χ1) is 10.2. The minimum absolute atomic E-state index is 0. The van der Waals surface area contributed by atoms with Crippen LogP contribution in [0.15, 0.2) is 4.99 Å². The molecule has 0 spiro atoms. The summed E-state index contributed by atoms with van der Waals surface area (Å²) >= 11 is 0. The average molecular weight is 345 g/mol. The summed E-state index contributed by atoms with van der Waals surface area (Å²) in [4.78, 5) is 14.9. The Labute approximate surface area is 154 Å². The number of aliphatic carboxylic acids is 1. The zero-order chi connectivity index (χ0) is 17.1. The van der Waals surface area contributed by atoms with E-state index in [0.29, 0.717) is 0 Å². The first-order valence-corrected chi connectivity index (χ1v) is 6.51. The maximum atomic E-state index is 11.3. The molecule has 1 aliphatic rings. The van der Waals surface area contributed by atoms with E-state index in [-0.39, 0.29) is 29.6 Å². The summed E-state index contributed by atoms with van der Waals surface area (Å²) in [6.45, 7) is 0.269. The zero-order valence-corrected chi connectivity index (χ0v) is 15.1. The summed E-state index contributed by atoms with van der Waals surface area (Å²) in [7, 11) is 1.04. The zero-order valence-electron chi connectivity index (χ0n) is 13.1. The van der Waals surface area contributed by atoms with Gasteiger partial charge in [0.05, 0.1) is 12.7 Å². The molecular formula is C12H20NNaO9. The van der Waals surface area contributed by atoms with Crippen LogP contribution in [0.2, 0.25) is 0 Å². The monoisotopic (exact) mass is 345 g/mol. The van der Waals surface area contributed by atoms with Gasteiger partial charge in [-0.05, 0) is 12.8 Å². The van der Waals surface area contributed by atoms with E-state index in [1.807, 2.05) is 0 Å². The fourth-order valence-electron chi connectivity index (χ4n) is 2.28. The standard InChI is InChI=1S/C12H21NO9.Na/c1-5(15)13-8-6(16)3-12(21-2,11(19)20)22-10(8)9(18)7(17)4-14;/h6-10,14,16-18H,3-4H2,1-2H3,(H,13,15)(H,19,20);/q;+1/p-1/t6-,7+,8+,9+,10+,12-;/m0./s1. The molecule has 0 aromatic heterocycles. The number of carboxylic acids is 1. The van der Waals surface area contributed by atoms with Crippen LogP contribution in [0.3, 0.4) is 0 Å². The number of methoxy groups -OCH3 is 1. The fourth-order valence-corrected chi connectivity index (χ4v) is 2.28. The van der Waals surface area contributed by atoms with Gasteiger partial charge in [0.2, 0.25) is 0 Å². The second-order valence-electron chi connectivity index (χ2n) is 5.00. The number of ether oxygens (including phenoxy) is 2. The van der Waals surface area contributed by atoms with Gasteiger partial charge < -0.3 is 40.1 Å². The molecule has 0 radical (unpaired) electrons. The van der Waals surface area contributed by atoms with Gasteiger partial charge in [0.25, 0.3) is 5.79 Å². The quantitative estimate of drug-likeness (QED) is 0.178. The van der Waals surface area contributed by atoms with Gasteiger partial charge in [0, 0.05) is 13.5 Å². The Balaban J connectivity index is 0.00000484. The van der Waals surface area contributed by atoms with Crippen molar-refractivity contribution < 1.29 is 74.5 Å². The van der Waals surface area contributed by atoms with E-state index in [1.54, 1.807) is 0 Å². The number of nitrogens with zero attached hydrogens (tertiary/aromatic N) is 1. The number of carboxylic acid groups (broad SMARTS) is 1. The Hall–Kier alpha value is -0.300. The van der Waals surface area contributed by atoms with Gasteiger partial charge in [0.1, 0.15) is 24.4 Å². The van der Waals surface area contributed by atoms with E-state index < -0.39 is 61.1 Å². The molecule has 1 rings (SSSR count). The minimum atomic E-state index is -2.26. The molecule has 23 heavy (non-hydrogen) atoms. The van der Waals surface area contributed by atoms with Crippen molar-refractivity contribution in [3.05, 3.63) is 0 Å². The summed E-state index contributed by atoms with van der Waals surface area (Å²) in [5, 5.41) is 58.9. The second-order valence-corrected chi connectivity index (χ2v) is 5.00. The van der Waals surface area contributed by atoms with Crippen LogP contribution in [0.1, 0.15) is 13.3 Å². The van der Waals surface area contributed by atoms with E-state index in [1.165, 1.54) is 0 Å². The van der Waals surface area contributed by atoms with Crippen molar-refractivity contribution in [2.45, 2.75) is 49.6 Å². The number of aliphatic hydroxyl groups is 4. The molecule has 0 unspecified atom stereocenters. The molecule has 0 bridgehead atoms. The predicted octanol–water partition coefficient (Wildman–Crippen LogP) is -6.57. The van der Waals surface area contributed by atoms with Gasteiger partial charge in [-0.2, -0.15) is 0 Å². The van der Waals surface area contributed by atoms with Gasteiger partial charge >= 0.3 is 35.5 Å². The van der Waals surface area contributed by atoms with Crippen molar-refractivity contribution in [2.75, 3.05) is 13.7 Å². The largest absolute Gasteiger partial charge is 1.00 e. The molecule has 0 aromatic rings. The number of rotatable bonds is 6. The van der Waals surface area contributed by atoms with E-state index >= 15 is 0 Å². The topological polar surface area (TPSA) is 172 Å². The summed E-state index contributed by atoms with van der Waals surface area (Å²) in [5.41, 5.74) is 0. The first-order valence-electron chi connectivity index (χ1n) is 6.51. The van der Waals surface area contributed by atoms with E-state index in [9.17, 15) is 30.3 Å². The van der Waals surface area contributed by atoms with Crippen molar-refractivity contribution in [2.24, 2.45) is 4.99 Å². The van der Waals surface area contributed by atoms with Crippen LogP contribution < -0.4 is 34.7 Å². The summed E-state index contributed by atoms with van der Waals surface area (Å²) in [5.74, 6) is -4.49. The number of aliphatic hydroxyl groups excluding tert-OH is 4. The SMILES string of the molecule is CO[C@@]1(C(=O)O)C[C@H](O)[C@@H](N=C(C)[O-])[C@H]([C@H](O)[C@H](O)CO)O1.[Na+]. The molecule has 128 valence electrons. The molecule has 1 heterocycles. The van der Waals surface area contributed by atoms with Crippen LogP contribution in [0.5, 0.6) is 0 Å². The third-order valence-corrected chi connectivity index (χ3v) is 3.44. The van der Waals surface area contributed by atoms with Crippen molar-refractivity contribution in [1.29, 1.82) is 0 Å². The summed E-state index contributed by atoms with van der Waals surface area (Å²) in [6.07, 6.45) is -7.03. The predicted molar refractivity (Wildman–Crippen MR) is 68.9 cm³/mol. The third kappa shape index (κ3) is 5.08. The Kier molecular flexibility index (Phi) is 9.13. The molecule has 1 fully saturated rings. The van der Waals surface area contributed by atoms with Crippen LogP contribution in [0.4, 0.5) is 0 Å². The summed E-state index contributed by atoms with van der Waals surface area (Å²) < 4.78 is 10.00. The van der Waals surface area contributed by atoms with E-state index in [4.69, 9.17) is 14.6 Å². The molecule has 0 aromatic carbocycles. The van der Waals surface area contributed by atoms with Crippen LogP contribution in [0.25, 0.3) is 0 Å². The van der Waals surface area contributed by atoms with Crippen LogP contribution in [0, 0.1) is 0 Å². The number of hydrogen-bond donors (Lipinski definition) is 5. The van der Waals surface area contributed by atoms with Crippen molar-refractivity contribution in [3.8, 4) is 0 Å². The maximum Gasteiger partial charge on any atom is 1.00 e. The number of hydrogen-bond acceptors (Lipinski definition) is 9. The molecule has 5 N–H and O–H groups in total. The van der Waals surface area contributed by atoms with Gasteiger partial charge in [-0.15, -0.1) is 0 Å². The average Bonchev–Trinajstić information content (AvgIpc) is 2.46. The molecule has 0 aliphatic carbocycles. The molecule has 0 amide bonds. The van der Waals surface area contributed by atoms with Gasteiger partial charge in [-0.25, -0.2) is 4.79 Å². The Morgan fingerprint density at radius 2 is 2.09 bits per heavy atom. The summed E-state index contributed by atoms with van der Waals surface area (Å²) in [6, 6.07) is -1.31. The van der Waals surface area contributed by atoms with Gasteiger partial charge in [0.15, 0.2) is 0 Å². The molecular weight excluding hydrogens is 325 g/mol. The third-order valence-electron chi connectivity index (χ3n) is 3.44. The molecule has 1 saturated heterocycles. The Morgan fingerprint density at radius 1 is 1.52 bits per heavy atom. The molecule has 10 nitrogen and oxygen atoms in total. The van der Waals surface area contributed by atoms with Crippen molar-refractivity contribution >= 4 is 11.9 Å². The Bertz CT molecular complexity index is 431. The van der Waals surface area contributed by atoms with Crippen molar-refractivity contribution in [1.82, 2.24) is 0 Å². The molecule has 0 saturated carbocycles. The molecule has 11 heteroatoms. The molecule has 6 atom stereocenters. The maximum absolute atomic E-state index is 11.3. The fraction of sp³-hybridized carbons (Fsp3) is 0.833. The van der Waals surface area contributed by atoms with Crippen LogP contribution >= 0.6 is 0 Å². The van der Waals surface area contributed by atoms with Crippen LogP contribution in [-0.2, 0) is 14.3 Å². The number of carbonyl (C=O) groups is 1. The smallest absolute Gasteiger partial charge is 0.862 e. The Morgan fingerprint density at radius 3 is 2.48 bits per heavy atom. The van der Waals surface area contributed by atoms with Gasteiger partial charge in [-0.1, -0.05) is 0 Å². The van der Waals surface area contributed by atoms with E-state index in [0.717, 1.165) is 14.0 Å². The first kappa shape index (κ1) is 22.7. The minimum Gasteiger partial charge on any atom is -0.862 e.